The molecule has 2 fully saturated rings. The number of fused-ring (bicyclic) bond motifs is 1. The van der Waals surface area contributed by atoms with Gasteiger partial charge >= 0.3 is 0 Å². The first kappa shape index (κ1) is 16.4. The first-order chi connectivity index (χ1) is 13.2. The molecule has 138 valence electrons. The number of carbonyl (C=O) groups excluding carboxylic acids is 1. The first-order valence-electron chi connectivity index (χ1n) is 9.54. The molecule has 1 saturated heterocycles. The van der Waals surface area contributed by atoms with E-state index in [-0.39, 0.29) is 29.5 Å². The molecule has 3 unspecified atom stereocenters. The van der Waals surface area contributed by atoms with Crippen LogP contribution in [0.4, 0.5) is 4.39 Å². The predicted molar refractivity (Wildman–Crippen MR) is 98.8 cm³/mol. The van der Waals surface area contributed by atoms with Crippen LogP contribution in [0, 0.1) is 11.7 Å². The van der Waals surface area contributed by atoms with Gasteiger partial charge in [-0.2, -0.15) is 0 Å². The molecule has 5 rings (SSSR count). The van der Waals surface area contributed by atoms with E-state index >= 15 is 0 Å². The van der Waals surface area contributed by atoms with Gasteiger partial charge in [0.15, 0.2) is 5.65 Å². The molecule has 1 aromatic carbocycles. The highest BCUT2D eigenvalue weighted by atomic mass is 19.1. The Labute approximate surface area is 156 Å². The third kappa shape index (κ3) is 2.99. The van der Waals surface area contributed by atoms with Gasteiger partial charge in [-0.1, -0.05) is 18.2 Å². The lowest BCUT2D eigenvalue weighted by molar-refractivity contribution is -0.133. The molecule has 3 aromatic rings. The van der Waals surface area contributed by atoms with Gasteiger partial charge < -0.3 is 4.90 Å². The second kappa shape index (κ2) is 6.44. The van der Waals surface area contributed by atoms with Gasteiger partial charge in [0, 0.05) is 31.1 Å². The summed E-state index contributed by atoms with van der Waals surface area (Å²) in [5, 5.41) is 8.63. The Morgan fingerprint density at radius 1 is 1.11 bits per heavy atom. The van der Waals surface area contributed by atoms with Crippen molar-refractivity contribution in [1.29, 1.82) is 0 Å². The molecule has 3 heterocycles. The van der Waals surface area contributed by atoms with Crippen LogP contribution in [-0.4, -0.2) is 38.5 Å². The monoisotopic (exact) mass is 364 g/mol. The van der Waals surface area contributed by atoms with Crippen molar-refractivity contribution in [3.8, 4) is 0 Å². The van der Waals surface area contributed by atoms with Crippen molar-refractivity contribution in [3.63, 3.8) is 0 Å². The second-order valence-electron chi connectivity index (χ2n) is 7.61. The lowest BCUT2D eigenvalue weighted by atomic mass is 9.96. The number of benzene rings is 1. The number of nitrogens with zero attached hydrogens (tertiary/aromatic N) is 4. The molecule has 1 aliphatic carbocycles. The number of piperidine rings is 1. The lowest BCUT2D eigenvalue weighted by Gasteiger charge is -2.32. The minimum Gasteiger partial charge on any atom is -0.342 e. The van der Waals surface area contributed by atoms with Gasteiger partial charge in [-0.3, -0.25) is 9.20 Å². The van der Waals surface area contributed by atoms with Crippen molar-refractivity contribution >= 4 is 11.6 Å². The molecule has 2 aromatic heterocycles. The number of amides is 1. The smallest absolute Gasteiger partial charge is 0.226 e. The van der Waals surface area contributed by atoms with Gasteiger partial charge in [0.1, 0.15) is 11.6 Å². The molecule has 6 heteroatoms. The van der Waals surface area contributed by atoms with Crippen LogP contribution in [0.15, 0.2) is 48.7 Å². The van der Waals surface area contributed by atoms with E-state index in [1.165, 1.54) is 12.1 Å². The van der Waals surface area contributed by atoms with E-state index in [1.807, 2.05) is 33.7 Å². The van der Waals surface area contributed by atoms with E-state index in [0.717, 1.165) is 42.8 Å². The maximum Gasteiger partial charge on any atom is 0.226 e. The molecule has 0 bridgehead atoms. The Morgan fingerprint density at radius 2 is 1.96 bits per heavy atom. The predicted octanol–water partition coefficient (Wildman–Crippen LogP) is 3.38. The second-order valence-corrected chi connectivity index (χ2v) is 7.61. The maximum atomic E-state index is 13.1. The number of pyridine rings is 1. The van der Waals surface area contributed by atoms with Crippen molar-refractivity contribution in [1.82, 2.24) is 19.5 Å². The van der Waals surface area contributed by atoms with Crippen molar-refractivity contribution in [2.24, 2.45) is 5.92 Å². The quantitative estimate of drug-likeness (QED) is 0.716. The van der Waals surface area contributed by atoms with Gasteiger partial charge in [-0.25, -0.2) is 4.39 Å². The molecular formula is C21H21FN4O. The summed E-state index contributed by atoms with van der Waals surface area (Å²) in [6, 6.07) is 12.4. The fourth-order valence-electron chi connectivity index (χ4n) is 4.31. The van der Waals surface area contributed by atoms with Crippen molar-refractivity contribution in [3.05, 3.63) is 65.9 Å². The Morgan fingerprint density at radius 3 is 2.81 bits per heavy atom. The third-order valence-corrected chi connectivity index (χ3v) is 5.84. The third-order valence-electron chi connectivity index (χ3n) is 5.84. The van der Waals surface area contributed by atoms with Gasteiger partial charge in [0.05, 0.1) is 0 Å². The molecule has 3 atom stereocenters. The number of hydrogen-bond acceptors (Lipinski definition) is 3. The van der Waals surface area contributed by atoms with Crippen LogP contribution in [0.3, 0.4) is 0 Å². The number of rotatable bonds is 3. The Kier molecular flexibility index (Phi) is 3.92. The Balaban J connectivity index is 1.30. The summed E-state index contributed by atoms with van der Waals surface area (Å²) in [4.78, 5) is 15.0. The summed E-state index contributed by atoms with van der Waals surface area (Å²) < 4.78 is 15.1. The van der Waals surface area contributed by atoms with Crippen molar-refractivity contribution in [2.45, 2.75) is 31.1 Å². The van der Waals surface area contributed by atoms with Crippen LogP contribution in [0.1, 0.15) is 42.5 Å². The van der Waals surface area contributed by atoms with Crippen molar-refractivity contribution < 1.29 is 9.18 Å². The summed E-state index contributed by atoms with van der Waals surface area (Å²) in [5.74, 6) is 1.40. The molecule has 0 radical (unpaired) electrons. The molecule has 1 amide bonds. The SMILES string of the molecule is O=C(C1CC1c1ccc(F)cc1)N1CCCC(c2nnc3ccccn23)C1. The van der Waals surface area contributed by atoms with E-state index < -0.39 is 0 Å². The number of hydrogen-bond donors (Lipinski definition) is 0. The Hall–Kier alpha value is -2.76. The zero-order chi connectivity index (χ0) is 18.4. The minimum absolute atomic E-state index is 0.0318. The molecule has 27 heavy (non-hydrogen) atoms. The molecule has 5 nitrogen and oxygen atoms in total. The average molecular weight is 364 g/mol. The number of aromatic nitrogens is 3. The summed E-state index contributed by atoms with van der Waals surface area (Å²) >= 11 is 0. The van der Waals surface area contributed by atoms with Gasteiger partial charge in [0.25, 0.3) is 0 Å². The highest BCUT2D eigenvalue weighted by Crippen LogP contribution is 2.49. The number of halogens is 1. The van der Waals surface area contributed by atoms with E-state index in [9.17, 15) is 9.18 Å². The van der Waals surface area contributed by atoms with E-state index in [1.54, 1.807) is 12.1 Å². The van der Waals surface area contributed by atoms with Crippen LogP contribution in [0.5, 0.6) is 0 Å². The summed E-state index contributed by atoms with van der Waals surface area (Å²) in [6.07, 6.45) is 4.84. The molecule has 1 saturated carbocycles. The van der Waals surface area contributed by atoms with E-state index in [4.69, 9.17) is 0 Å². The molecule has 1 aliphatic heterocycles. The van der Waals surface area contributed by atoms with Crippen LogP contribution in [-0.2, 0) is 4.79 Å². The van der Waals surface area contributed by atoms with E-state index in [0.29, 0.717) is 6.54 Å². The average Bonchev–Trinajstić information content (AvgIpc) is 3.39. The molecule has 0 spiro atoms. The highest BCUT2D eigenvalue weighted by Gasteiger charge is 2.46. The zero-order valence-electron chi connectivity index (χ0n) is 15.0. The highest BCUT2D eigenvalue weighted by molar-refractivity contribution is 5.83. The molecule has 0 N–H and O–H groups in total. The number of likely N-dealkylation sites (tertiary alicyclic amines) is 1. The van der Waals surface area contributed by atoms with Crippen LogP contribution >= 0.6 is 0 Å². The zero-order valence-corrected chi connectivity index (χ0v) is 15.0. The standard InChI is InChI=1S/C21H21FN4O/c22-16-8-6-14(7-9-16)17-12-18(17)21(27)25-10-3-4-15(13-25)20-24-23-19-5-1-2-11-26(19)20/h1-2,5-9,11,15,17-18H,3-4,10,12-13H2. The normalized spacial score (nSPS) is 24.9. The fraction of sp³-hybridized carbons (Fsp3) is 0.381. The molecular weight excluding hydrogens is 343 g/mol. The largest absolute Gasteiger partial charge is 0.342 e. The Bertz CT molecular complexity index is 983. The maximum absolute atomic E-state index is 13.1. The fourth-order valence-corrected chi connectivity index (χ4v) is 4.31. The van der Waals surface area contributed by atoms with E-state index in [2.05, 4.69) is 10.2 Å². The minimum atomic E-state index is -0.235. The summed E-state index contributed by atoms with van der Waals surface area (Å²) in [6.45, 7) is 1.50. The molecule has 2 aliphatic rings. The van der Waals surface area contributed by atoms with Gasteiger partial charge in [0.2, 0.25) is 5.91 Å². The van der Waals surface area contributed by atoms with Crippen LogP contribution < -0.4 is 0 Å². The van der Waals surface area contributed by atoms with Crippen LogP contribution in [0.25, 0.3) is 5.65 Å². The van der Waals surface area contributed by atoms with Gasteiger partial charge in [-0.15, -0.1) is 10.2 Å². The lowest BCUT2D eigenvalue weighted by Crippen LogP contribution is -2.40. The van der Waals surface area contributed by atoms with Gasteiger partial charge in [-0.05, 0) is 55.0 Å². The topological polar surface area (TPSA) is 50.5 Å². The van der Waals surface area contributed by atoms with Crippen molar-refractivity contribution in [2.75, 3.05) is 13.1 Å². The van der Waals surface area contributed by atoms with Crippen LogP contribution in [0.2, 0.25) is 0 Å². The summed E-state index contributed by atoms with van der Waals surface area (Å²) in [7, 11) is 0. The summed E-state index contributed by atoms with van der Waals surface area (Å²) in [5.41, 5.74) is 1.90. The first-order valence-corrected chi connectivity index (χ1v) is 9.54. The number of carbonyl (C=O) groups is 1.